The van der Waals surface area contributed by atoms with Gasteiger partial charge in [0, 0.05) is 0 Å². The molecule has 0 fully saturated rings. The molecule has 3 aromatic rings. The van der Waals surface area contributed by atoms with Crippen molar-refractivity contribution in [3.05, 3.63) is 77.9 Å². The minimum atomic E-state index is 0. The third kappa shape index (κ3) is 9.37. The summed E-state index contributed by atoms with van der Waals surface area (Å²) in [5.74, 6) is 0. The maximum Gasteiger partial charge on any atom is -0.109 e. The van der Waals surface area contributed by atoms with Crippen LogP contribution >= 0.6 is 24.8 Å². The van der Waals surface area contributed by atoms with E-state index in [9.17, 15) is 0 Å². The van der Waals surface area contributed by atoms with Crippen molar-refractivity contribution in [3.63, 3.8) is 0 Å². The fourth-order valence-corrected chi connectivity index (χ4v) is 3.30. The summed E-state index contributed by atoms with van der Waals surface area (Å²) in [6.07, 6.45) is 10.0. The predicted molar refractivity (Wildman–Crippen MR) is 148 cm³/mol. The average molecular weight is 652 g/mol. The zero-order chi connectivity index (χ0) is 22.5. The van der Waals surface area contributed by atoms with Gasteiger partial charge in [0.1, 0.15) is 0 Å². The molecule has 0 unspecified atom stereocenters. The van der Waals surface area contributed by atoms with Gasteiger partial charge in [-0.15, -0.1) is 71.0 Å². The van der Waals surface area contributed by atoms with Crippen molar-refractivity contribution >= 4 is 51.9 Å². The van der Waals surface area contributed by atoms with Crippen molar-refractivity contribution in [2.24, 2.45) is 0 Å². The quantitative estimate of drug-likeness (QED) is 0.168. The summed E-state index contributed by atoms with van der Waals surface area (Å²) in [5.41, 5.74) is 3.47. The number of halogens is 2. The number of hydrogen-bond acceptors (Lipinski definition) is 0. The third-order valence-corrected chi connectivity index (χ3v) is 5.02. The second-order valence-electron chi connectivity index (χ2n) is 10.3. The Bertz CT molecular complexity index is 994. The number of rotatable bonds is 0. The molecule has 0 nitrogen and oxygen atoms in total. The predicted octanol–water partition coefficient (Wildman–Crippen LogP) is 9.24. The Hall–Kier alpha value is -0.543. The van der Waals surface area contributed by atoms with Gasteiger partial charge in [-0.25, -0.2) is 12.2 Å². The van der Waals surface area contributed by atoms with Crippen LogP contribution in [-0.4, -0.2) is 5.49 Å². The number of benzene rings is 2. The second-order valence-corrected chi connectivity index (χ2v) is 23.0. The number of allylic oxidation sites excluding steroid dienone is 4. The maximum absolute atomic E-state index is 2.99. The van der Waals surface area contributed by atoms with Crippen LogP contribution < -0.4 is 0 Å². The smallest absolute Gasteiger partial charge is 0.109 e. The molecule has 1 aliphatic rings. The van der Waals surface area contributed by atoms with Gasteiger partial charge in [0.2, 0.25) is 0 Å². The molecule has 1 aliphatic carbocycles. The van der Waals surface area contributed by atoms with Gasteiger partial charge < -0.3 is 0 Å². The molecule has 0 heterocycles. The van der Waals surface area contributed by atoms with Crippen LogP contribution in [-0.2, 0) is 33.8 Å². The van der Waals surface area contributed by atoms with Crippen LogP contribution in [0.4, 0.5) is 0 Å². The van der Waals surface area contributed by atoms with Crippen molar-refractivity contribution < 1.29 is 23.0 Å². The van der Waals surface area contributed by atoms with E-state index in [1.165, 1.54) is 55.7 Å². The van der Waals surface area contributed by atoms with E-state index in [1.807, 2.05) is 12.2 Å². The van der Waals surface area contributed by atoms with Crippen LogP contribution in [0.3, 0.4) is 0 Å². The van der Waals surface area contributed by atoms with Gasteiger partial charge >= 0.3 is 41.6 Å². The van der Waals surface area contributed by atoms with E-state index < -0.39 is 0 Å². The van der Waals surface area contributed by atoms with Crippen LogP contribution in [0.1, 0.15) is 59.1 Å². The summed E-state index contributed by atoms with van der Waals surface area (Å²) in [4.78, 5) is 0. The summed E-state index contributed by atoms with van der Waals surface area (Å²) in [7, 11) is 0. The zero-order valence-electron chi connectivity index (χ0n) is 20.8. The number of hydrogen-bond donors (Lipinski definition) is 0. The van der Waals surface area contributed by atoms with E-state index in [-0.39, 0.29) is 41.1 Å². The van der Waals surface area contributed by atoms with Crippen molar-refractivity contribution in [1.29, 1.82) is 0 Å². The molecule has 0 bridgehead atoms. The SMILES string of the molecule is CC(C)(C)c1ccc2c(c1)[cH-]c1cc(C(C)(C)C)ccc12.C[Si](C)=[Hf+2].Cl.Cl.[C-]1=CC=CC1. The van der Waals surface area contributed by atoms with Crippen LogP contribution in [0.2, 0.25) is 13.1 Å². The molecule has 3 aromatic carbocycles. The fourth-order valence-electron chi connectivity index (χ4n) is 3.30. The molecule has 0 radical (unpaired) electrons. The minimum Gasteiger partial charge on any atom is -0.273 e. The summed E-state index contributed by atoms with van der Waals surface area (Å²) in [5, 5.41) is 5.48. The van der Waals surface area contributed by atoms with Crippen molar-refractivity contribution in [3.8, 4) is 0 Å². The first kappa shape index (κ1) is 31.5. The first-order valence-electron chi connectivity index (χ1n) is 10.8. The Kier molecular flexibility index (Phi) is 13.1. The van der Waals surface area contributed by atoms with Crippen LogP contribution in [0, 0.1) is 6.08 Å². The molecule has 0 saturated carbocycles. The Labute approximate surface area is 223 Å². The van der Waals surface area contributed by atoms with E-state index in [4.69, 9.17) is 0 Å². The molecule has 4 heteroatoms. The van der Waals surface area contributed by atoms with E-state index in [0.29, 0.717) is 0 Å². The molecular weight excluding hydrogens is 614 g/mol. The summed E-state index contributed by atoms with van der Waals surface area (Å²) in [6.45, 7) is 18.3. The molecule has 0 amide bonds. The number of fused-ring (bicyclic) bond motifs is 3. The molecular formula is C28H38Cl2HfSi. The second kappa shape index (κ2) is 13.4. The maximum atomic E-state index is 2.99. The topological polar surface area (TPSA) is 0 Å². The summed E-state index contributed by atoms with van der Waals surface area (Å²) in [6, 6.07) is 16.2. The minimum absolute atomic E-state index is 0. The van der Waals surface area contributed by atoms with Gasteiger partial charge in [-0.2, -0.15) is 6.08 Å². The zero-order valence-corrected chi connectivity index (χ0v) is 27.0. The normalized spacial score (nSPS) is 12.3. The van der Waals surface area contributed by atoms with Gasteiger partial charge in [0.25, 0.3) is 0 Å². The Balaban J connectivity index is 0.000000739. The van der Waals surface area contributed by atoms with Gasteiger partial charge in [-0.3, -0.25) is 6.08 Å². The molecule has 0 aromatic heterocycles. The van der Waals surface area contributed by atoms with Crippen molar-refractivity contribution in [2.75, 3.05) is 0 Å². The molecule has 0 saturated heterocycles. The van der Waals surface area contributed by atoms with E-state index in [1.54, 1.807) is 0 Å². The van der Waals surface area contributed by atoms with Crippen molar-refractivity contribution in [2.45, 2.75) is 71.9 Å². The van der Waals surface area contributed by atoms with Crippen molar-refractivity contribution in [1.82, 2.24) is 0 Å². The van der Waals surface area contributed by atoms with Gasteiger partial charge in [0.05, 0.1) is 0 Å². The van der Waals surface area contributed by atoms with E-state index in [0.717, 1.165) is 6.42 Å². The Morgan fingerprint density at radius 3 is 1.47 bits per heavy atom. The summed E-state index contributed by atoms with van der Waals surface area (Å²) >= 11 is 1.45. The van der Waals surface area contributed by atoms with Gasteiger partial charge in [0.15, 0.2) is 0 Å². The fraction of sp³-hybridized carbons (Fsp3) is 0.393. The van der Waals surface area contributed by atoms with Gasteiger partial charge in [-0.05, 0) is 10.8 Å². The molecule has 32 heavy (non-hydrogen) atoms. The monoisotopic (exact) mass is 652 g/mol. The Morgan fingerprint density at radius 1 is 0.812 bits per heavy atom. The summed E-state index contributed by atoms with van der Waals surface area (Å²) < 4.78 is 0. The molecule has 4 rings (SSSR count). The third-order valence-electron chi connectivity index (χ3n) is 5.02. The molecule has 0 atom stereocenters. The molecule has 172 valence electrons. The van der Waals surface area contributed by atoms with E-state index >= 15 is 0 Å². The molecule has 0 N–H and O–H groups in total. The standard InChI is InChI=1S/C21H25.C5H5.C2H6Si.2ClH.Hf/c1-20(2,3)16-7-9-18-14(12-16)11-15-13-17(21(4,5)6)8-10-19(15)18;1-2-4-5-3-1;1-3-2;;;/h7-13H,1-6H3;1-3H,4H2;1-2H3;2*1H;/q2*-1;;;;+2. The van der Waals surface area contributed by atoms with Crippen LogP contribution in [0.25, 0.3) is 21.5 Å². The average Bonchev–Trinajstić information content (AvgIpc) is 3.30. The van der Waals surface area contributed by atoms with Crippen LogP contribution in [0.5, 0.6) is 0 Å². The molecule has 0 aliphatic heterocycles. The van der Waals surface area contributed by atoms with Gasteiger partial charge in [-0.1, -0.05) is 76.9 Å². The first-order valence-corrected chi connectivity index (χ1v) is 18.7. The van der Waals surface area contributed by atoms with Crippen LogP contribution in [0.15, 0.2) is 60.7 Å². The Morgan fingerprint density at radius 2 is 1.22 bits per heavy atom. The van der Waals surface area contributed by atoms with E-state index in [2.05, 4.69) is 109 Å². The largest absolute Gasteiger partial charge is 0.273 e. The first-order chi connectivity index (χ1) is 13.9. The molecule has 0 spiro atoms.